The molecule has 1 aliphatic rings. The molecule has 0 radical (unpaired) electrons. The standard InChI is InChI=1S/C13H19NO/c14-9-11-4-1-2-7-13(11)10-5-3-6-12(15)8-10/h3,5-6,8,11,13,15H,1-2,4,7,9,14H2/t11-,13+/m0/s1. The van der Waals surface area contributed by atoms with Gasteiger partial charge in [0.1, 0.15) is 5.75 Å². The van der Waals surface area contributed by atoms with Crippen molar-refractivity contribution in [2.75, 3.05) is 6.54 Å². The van der Waals surface area contributed by atoms with Gasteiger partial charge in [0.25, 0.3) is 0 Å². The molecular formula is C13H19NO. The van der Waals surface area contributed by atoms with Crippen molar-refractivity contribution >= 4 is 0 Å². The monoisotopic (exact) mass is 205 g/mol. The van der Waals surface area contributed by atoms with Gasteiger partial charge in [-0.3, -0.25) is 0 Å². The summed E-state index contributed by atoms with van der Waals surface area (Å²) in [5, 5.41) is 9.47. The Morgan fingerprint density at radius 1 is 1.27 bits per heavy atom. The molecule has 3 N–H and O–H groups in total. The summed E-state index contributed by atoms with van der Waals surface area (Å²) in [6, 6.07) is 7.65. The molecule has 0 saturated heterocycles. The minimum Gasteiger partial charge on any atom is -0.508 e. The van der Waals surface area contributed by atoms with Gasteiger partial charge in [-0.05, 0) is 48.9 Å². The van der Waals surface area contributed by atoms with Crippen molar-refractivity contribution < 1.29 is 5.11 Å². The summed E-state index contributed by atoms with van der Waals surface area (Å²) < 4.78 is 0. The van der Waals surface area contributed by atoms with E-state index in [2.05, 4.69) is 6.07 Å². The molecule has 0 amide bonds. The third-order valence-corrected chi connectivity index (χ3v) is 3.51. The summed E-state index contributed by atoms with van der Waals surface area (Å²) in [6.45, 7) is 0.764. The highest BCUT2D eigenvalue weighted by atomic mass is 16.3. The largest absolute Gasteiger partial charge is 0.508 e. The first kappa shape index (κ1) is 10.5. The van der Waals surface area contributed by atoms with Gasteiger partial charge in [0.2, 0.25) is 0 Å². The molecule has 2 nitrogen and oxygen atoms in total. The van der Waals surface area contributed by atoms with Crippen LogP contribution in [0.4, 0.5) is 0 Å². The number of rotatable bonds is 2. The minimum atomic E-state index is 0.369. The molecule has 0 unspecified atom stereocenters. The van der Waals surface area contributed by atoms with Crippen LogP contribution in [0.1, 0.15) is 37.2 Å². The zero-order valence-electron chi connectivity index (χ0n) is 9.02. The molecule has 1 aromatic carbocycles. The number of nitrogens with two attached hydrogens (primary N) is 1. The fourth-order valence-corrected chi connectivity index (χ4v) is 2.68. The highest BCUT2D eigenvalue weighted by Gasteiger charge is 2.25. The first-order valence-electron chi connectivity index (χ1n) is 5.80. The maximum atomic E-state index is 9.47. The number of benzene rings is 1. The van der Waals surface area contributed by atoms with E-state index in [1.165, 1.54) is 31.2 Å². The molecule has 0 aliphatic heterocycles. The van der Waals surface area contributed by atoms with E-state index in [0.29, 0.717) is 17.6 Å². The zero-order valence-corrected chi connectivity index (χ0v) is 9.02. The lowest BCUT2D eigenvalue weighted by Crippen LogP contribution is -2.25. The Bertz CT molecular complexity index is 324. The lowest BCUT2D eigenvalue weighted by atomic mass is 9.75. The van der Waals surface area contributed by atoms with Crippen molar-refractivity contribution in [2.24, 2.45) is 11.7 Å². The fourth-order valence-electron chi connectivity index (χ4n) is 2.68. The van der Waals surface area contributed by atoms with Crippen LogP contribution in [0.15, 0.2) is 24.3 Å². The smallest absolute Gasteiger partial charge is 0.115 e. The van der Waals surface area contributed by atoms with E-state index < -0.39 is 0 Å². The summed E-state index contributed by atoms with van der Waals surface area (Å²) in [4.78, 5) is 0. The first-order valence-corrected chi connectivity index (χ1v) is 5.80. The van der Waals surface area contributed by atoms with Crippen LogP contribution in [0.3, 0.4) is 0 Å². The summed E-state index contributed by atoms with van der Waals surface area (Å²) in [6.07, 6.45) is 5.04. The lowest BCUT2D eigenvalue weighted by Gasteiger charge is -2.31. The van der Waals surface area contributed by atoms with Crippen molar-refractivity contribution in [3.8, 4) is 5.75 Å². The number of hydrogen-bond donors (Lipinski definition) is 2. The normalized spacial score (nSPS) is 26.5. The van der Waals surface area contributed by atoms with E-state index in [4.69, 9.17) is 5.73 Å². The van der Waals surface area contributed by atoms with Crippen molar-refractivity contribution in [3.63, 3.8) is 0 Å². The second kappa shape index (κ2) is 4.67. The Kier molecular flexibility index (Phi) is 3.27. The van der Waals surface area contributed by atoms with Gasteiger partial charge < -0.3 is 10.8 Å². The predicted molar refractivity (Wildman–Crippen MR) is 61.9 cm³/mol. The molecule has 2 rings (SSSR count). The molecule has 0 spiro atoms. The first-order chi connectivity index (χ1) is 7.31. The quantitative estimate of drug-likeness (QED) is 0.779. The average molecular weight is 205 g/mol. The third kappa shape index (κ3) is 2.32. The Morgan fingerprint density at radius 3 is 2.80 bits per heavy atom. The summed E-state index contributed by atoms with van der Waals surface area (Å²) >= 11 is 0. The molecule has 2 atom stereocenters. The summed E-state index contributed by atoms with van der Waals surface area (Å²) in [5.74, 6) is 1.52. The van der Waals surface area contributed by atoms with Crippen LogP contribution in [-0.2, 0) is 0 Å². The Labute approximate surface area is 91.1 Å². The highest BCUT2D eigenvalue weighted by Crippen LogP contribution is 2.37. The third-order valence-electron chi connectivity index (χ3n) is 3.51. The minimum absolute atomic E-state index is 0.369. The molecular weight excluding hydrogens is 186 g/mol. The van der Waals surface area contributed by atoms with Crippen molar-refractivity contribution in [2.45, 2.75) is 31.6 Å². The van der Waals surface area contributed by atoms with Crippen LogP contribution in [-0.4, -0.2) is 11.7 Å². The summed E-state index contributed by atoms with van der Waals surface area (Å²) in [7, 11) is 0. The van der Waals surface area contributed by atoms with E-state index in [0.717, 1.165) is 6.54 Å². The Balaban J connectivity index is 2.20. The van der Waals surface area contributed by atoms with Crippen molar-refractivity contribution in [1.29, 1.82) is 0 Å². The van der Waals surface area contributed by atoms with Gasteiger partial charge in [0.15, 0.2) is 0 Å². The van der Waals surface area contributed by atoms with E-state index in [1.807, 2.05) is 12.1 Å². The topological polar surface area (TPSA) is 46.2 Å². The number of aromatic hydroxyl groups is 1. The number of hydrogen-bond acceptors (Lipinski definition) is 2. The maximum absolute atomic E-state index is 9.47. The predicted octanol–water partition coefficient (Wildman–Crippen LogP) is 2.62. The van der Waals surface area contributed by atoms with E-state index in [-0.39, 0.29) is 0 Å². The van der Waals surface area contributed by atoms with Crippen LogP contribution in [0.5, 0.6) is 5.75 Å². The molecule has 1 saturated carbocycles. The summed E-state index contributed by atoms with van der Waals surface area (Å²) in [5.41, 5.74) is 7.06. The van der Waals surface area contributed by atoms with Crippen molar-refractivity contribution in [3.05, 3.63) is 29.8 Å². The van der Waals surface area contributed by atoms with Gasteiger partial charge in [0.05, 0.1) is 0 Å². The molecule has 15 heavy (non-hydrogen) atoms. The highest BCUT2D eigenvalue weighted by molar-refractivity contribution is 5.30. The van der Waals surface area contributed by atoms with E-state index in [1.54, 1.807) is 6.07 Å². The van der Waals surface area contributed by atoms with Crippen LogP contribution in [0.2, 0.25) is 0 Å². The number of phenolic OH excluding ortho intramolecular Hbond substituents is 1. The van der Waals surface area contributed by atoms with Crippen LogP contribution in [0, 0.1) is 5.92 Å². The lowest BCUT2D eigenvalue weighted by molar-refractivity contribution is 0.313. The SMILES string of the molecule is NC[C@@H]1CCCC[C@@H]1c1cccc(O)c1. The van der Waals surface area contributed by atoms with Crippen LogP contribution >= 0.6 is 0 Å². The van der Waals surface area contributed by atoms with E-state index >= 15 is 0 Å². The van der Waals surface area contributed by atoms with Gasteiger partial charge in [-0.25, -0.2) is 0 Å². The van der Waals surface area contributed by atoms with Crippen LogP contribution in [0.25, 0.3) is 0 Å². The maximum Gasteiger partial charge on any atom is 0.115 e. The fraction of sp³-hybridized carbons (Fsp3) is 0.538. The van der Waals surface area contributed by atoms with E-state index in [9.17, 15) is 5.11 Å². The van der Waals surface area contributed by atoms with Gasteiger partial charge in [-0.2, -0.15) is 0 Å². The molecule has 0 aromatic heterocycles. The second-order valence-electron chi connectivity index (χ2n) is 4.48. The molecule has 1 aromatic rings. The van der Waals surface area contributed by atoms with Crippen molar-refractivity contribution in [1.82, 2.24) is 0 Å². The molecule has 0 heterocycles. The number of phenols is 1. The van der Waals surface area contributed by atoms with Gasteiger partial charge in [-0.1, -0.05) is 25.0 Å². The molecule has 0 bridgehead atoms. The van der Waals surface area contributed by atoms with Crippen LogP contribution < -0.4 is 5.73 Å². The van der Waals surface area contributed by atoms with Gasteiger partial charge in [-0.15, -0.1) is 0 Å². The second-order valence-corrected chi connectivity index (χ2v) is 4.48. The molecule has 1 aliphatic carbocycles. The average Bonchev–Trinajstić information content (AvgIpc) is 2.29. The van der Waals surface area contributed by atoms with Gasteiger partial charge >= 0.3 is 0 Å². The molecule has 1 fully saturated rings. The molecule has 2 heteroatoms. The molecule has 82 valence electrons. The Morgan fingerprint density at radius 2 is 2.07 bits per heavy atom. The Hall–Kier alpha value is -1.02. The zero-order chi connectivity index (χ0) is 10.7. The van der Waals surface area contributed by atoms with Gasteiger partial charge in [0, 0.05) is 0 Å².